The second-order valence-corrected chi connectivity index (χ2v) is 1.96. The van der Waals surface area contributed by atoms with Crippen molar-refractivity contribution in [2.75, 3.05) is 0 Å². The summed E-state index contributed by atoms with van der Waals surface area (Å²) in [5.74, 6) is -0.879. The summed E-state index contributed by atoms with van der Waals surface area (Å²) >= 11 is 0. The van der Waals surface area contributed by atoms with Crippen LogP contribution >= 0.6 is 0 Å². The molecular formula is C7H6BNa3O5. The van der Waals surface area contributed by atoms with Gasteiger partial charge in [0.25, 0.3) is 0 Å². The first kappa shape index (κ1) is 26.2. The van der Waals surface area contributed by atoms with Crippen molar-refractivity contribution < 1.29 is 114 Å². The number of rotatable bonds is 1. The third-order valence-electron chi connectivity index (χ3n) is 1.02. The van der Waals surface area contributed by atoms with Crippen molar-refractivity contribution in [3.8, 4) is 0 Å². The van der Waals surface area contributed by atoms with E-state index < -0.39 is 13.3 Å². The number of aromatic carboxylic acids is 1. The van der Waals surface area contributed by atoms with E-state index in [0.717, 1.165) is 0 Å². The summed E-state index contributed by atoms with van der Waals surface area (Å²) in [7, 11) is -2.92. The number of hydrogen-bond acceptors (Lipinski definition) is 4. The molecule has 0 aliphatic carbocycles. The molecule has 0 aromatic heterocycles. The van der Waals surface area contributed by atoms with Crippen LogP contribution in [-0.2, 0) is 0 Å². The first-order valence-corrected chi connectivity index (χ1v) is 3.30. The van der Waals surface area contributed by atoms with Gasteiger partial charge in [0.1, 0.15) is 0 Å². The Balaban J connectivity index is -0.0000000921. The third kappa shape index (κ3) is 18.0. The number of carbonyl (C=O) groups is 1. The minimum atomic E-state index is -2.92. The van der Waals surface area contributed by atoms with Crippen LogP contribution in [0.4, 0.5) is 0 Å². The fraction of sp³-hybridized carbons (Fsp3) is 0. The van der Waals surface area contributed by atoms with E-state index in [-0.39, 0.29) is 88.7 Å². The molecule has 70 valence electrons. The Hall–Kier alpha value is 1.63. The number of benzene rings is 1. The Morgan fingerprint density at radius 2 is 1.31 bits per heavy atom. The van der Waals surface area contributed by atoms with Crippen LogP contribution in [0.5, 0.6) is 0 Å². The molecule has 16 heavy (non-hydrogen) atoms. The van der Waals surface area contributed by atoms with Crippen molar-refractivity contribution in [1.82, 2.24) is 0 Å². The van der Waals surface area contributed by atoms with Crippen molar-refractivity contribution in [3.63, 3.8) is 0 Å². The first-order valence-electron chi connectivity index (χ1n) is 3.30. The van der Waals surface area contributed by atoms with Crippen molar-refractivity contribution in [3.05, 3.63) is 35.9 Å². The van der Waals surface area contributed by atoms with Gasteiger partial charge in [-0.2, -0.15) is 0 Å². The van der Waals surface area contributed by atoms with Gasteiger partial charge in [0.2, 0.25) is 0 Å². The molecule has 1 aromatic carbocycles. The van der Waals surface area contributed by atoms with Gasteiger partial charge in [0.15, 0.2) is 0 Å². The molecule has 0 saturated carbocycles. The quantitative estimate of drug-likeness (QED) is 0.498. The molecule has 0 aliphatic heterocycles. The van der Waals surface area contributed by atoms with Gasteiger partial charge in [0.05, 0.1) is 5.56 Å². The average molecular weight is 250 g/mol. The van der Waals surface area contributed by atoms with Gasteiger partial charge in [0, 0.05) is 0 Å². The van der Waals surface area contributed by atoms with Crippen molar-refractivity contribution in [2.45, 2.75) is 0 Å². The summed E-state index contributed by atoms with van der Waals surface area (Å²) in [6, 6.07) is 8.30. The normalized spacial score (nSPS) is 6.69. The van der Waals surface area contributed by atoms with Gasteiger partial charge in [-0.25, -0.2) is 4.79 Å². The van der Waals surface area contributed by atoms with Crippen LogP contribution in [0, 0.1) is 0 Å². The third-order valence-corrected chi connectivity index (χ3v) is 1.02. The molecule has 0 aliphatic rings. The molecular weight excluding hydrogens is 244 g/mol. The van der Waals surface area contributed by atoms with Crippen molar-refractivity contribution in [2.24, 2.45) is 0 Å². The minimum absolute atomic E-state index is 0. The smallest absolute Gasteiger partial charge is 0.907 e. The second kappa shape index (κ2) is 16.6. The van der Waals surface area contributed by atoms with Gasteiger partial charge < -0.3 is 20.2 Å². The largest absolute Gasteiger partial charge is 1.00 e. The van der Waals surface area contributed by atoms with E-state index in [1.165, 1.54) is 0 Å². The standard InChI is InChI=1S/C7H6O2.BO3.3Na/c8-7(9)6-4-2-1-3-5-6;2-1(3)4;;;/h1-5H,(H,8,9);;;;/q;-3;3*+1. The molecule has 0 unspecified atom stereocenters. The number of carboxylic acid groups (broad SMARTS) is 1. The fourth-order valence-corrected chi connectivity index (χ4v) is 0.581. The van der Waals surface area contributed by atoms with Crippen LogP contribution in [0.3, 0.4) is 0 Å². The van der Waals surface area contributed by atoms with Gasteiger partial charge in [-0.3, -0.25) is 7.32 Å². The molecule has 0 heterocycles. The van der Waals surface area contributed by atoms with E-state index in [0.29, 0.717) is 5.56 Å². The predicted octanol–water partition coefficient (Wildman–Crippen LogP) is -11.6. The van der Waals surface area contributed by atoms with Crippen molar-refractivity contribution >= 4 is 13.3 Å². The van der Waals surface area contributed by atoms with Crippen LogP contribution in [0.1, 0.15) is 10.4 Å². The summed E-state index contributed by atoms with van der Waals surface area (Å²) in [4.78, 5) is 10.2. The van der Waals surface area contributed by atoms with E-state index in [1.807, 2.05) is 0 Å². The second-order valence-electron chi connectivity index (χ2n) is 1.96. The van der Waals surface area contributed by atoms with Gasteiger partial charge in [-0.05, 0) is 12.1 Å². The Morgan fingerprint density at radius 1 is 1.00 bits per heavy atom. The Kier molecular flexibility index (Phi) is 27.3. The maximum Gasteiger partial charge on any atom is 1.00 e. The average Bonchev–Trinajstić information content (AvgIpc) is 2.05. The maximum absolute atomic E-state index is 10.2. The van der Waals surface area contributed by atoms with Crippen LogP contribution in [-0.4, -0.2) is 18.4 Å². The van der Waals surface area contributed by atoms with Crippen LogP contribution in [0.2, 0.25) is 0 Å². The molecule has 9 heteroatoms. The Labute approximate surface area is 160 Å². The molecule has 0 saturated heterocycles. The summed E-state index contributed by atoms with van der Waals surface area (Å²) in [6.07, 6.45) is 0. The molecule has 1 aromatic rings. The minimum Gasteiger partial charge on any atom is -0.907 e. The van der Waals surface area contributed by atoms with Crippen LogP contribution < -0.4 is 104 Å². The summed E-state index contributed by atoms with van der Waals surface area (Å²) in [6.45, 7) is 0. The van der Waals surface area contributed by atoms with Gasteiger partial charge in [-0.15, -0.1) is 0 Å². The van der Waals surface area contributed by atoms with E-state index in [9.17, 15) is 4.79 Å². The zero-order chi connectivity index (χ0) is 10.3. The van der Waals surface area contributed by atoms with E-state index in [4.69, 9.17) is 20.2 Å². The molecule has 5 nitrogen and oxygen atoms in total. The maximum atomic E-state index is 10.2. The first-order chi connectivity index (χ1) is 6.04. The summed E-state index contributed by atoms with van der Waals surface area (Å²) in [5, 5.41) is 33.6. The number of carboxylic acids is 1. The fourth-order valence-electron chi connectivity index (χ4n) is 0.581. The van der Waals surface area contributed by atoms with E-state index in [1.54, 1.807) is 30.3 Å². The zero-order valence-electron chi connectivity index (χ0n) is 9.54. The molecule has 0 bridgehead atoms. The summed E-state index contributed by atoms with van der Waals surface area (Å²) < 4.78 is 0. The molecule has 1 rings (SSSR count). The molecule has 0 radical (unpaired) electrons. The Bertz CT molecular complexity index is 257. The van der Waals surface area contributed by atoms with Gasteiger partial charge >= 0.3 is 94.6 Å². The Morgan fingerprint density at radius 3 is 1.50 bits per heavy atom. The van der Waals surface area contributed by atoms with Gasteiger partial charge in [-0.1, -0.05) is 18.2 Å². The summed E-state index contributed by atoms with van der Waals surface area (Å²) in [5.41, 5.74) is 0.331. The topological polar surface area (TPSA) is 106 Å². The number of hydrogen-bond donors (Lipinski definition) is 1. The van der Waals surface area contributed by atoms with E-state index in [2.05, 4.69) is 0 Å². The molecule has 0 fully saturated rings. The van der Waals surface area contributed by atoms with E-state index >= 15 is 0 Å². The van der Waals surface area contributed by atoms with Crippen LogP contribution in [0.25, 0.3) is 0 Å². The molecule has 1 N–H and O–H groups in total. The molecule has 0 amide bonds. The monoisotopic (exact) mass is 250 g/mol. The molecule has 0 atom stereocenters. The van der Waals surface area contributed by atoms with Crippen LogP contribution in [0.15, 0.2) is 30.3 Å². The van der Waals surface area contributed by atoms with Crippen molar-refractivity contribution in [1.29, 1.82) is 0 Å². The zero-order valence-corrected chi connectivity index (χ0v) is 15.5. The SMILES string of the molecule is O=C(O)c1ccccc1.[Na+].[Na+].[Na+].[O-]B([O-])[O-]. The molecule has 0 spiro atoms. The predicted molar refractivity (Wildman–Crippen MR) is 39.2 cm³/mol.